The summed E-state index contributed by atoms with van der Waals surface area (Å²) in [6, 6.07) is 12.1. The summed E-state index contributed by atoms with van der Waals surface area (Å²) in [6.45, 7) is 5.34. The van der Waals surface area contributed by atoms with Gasteiger partial charge in [0, 0.05) is 6.07 Å². The van der Waals surface area contributed by atoms with Crippen LogP contribution in [0.3, 0.4) is 0 Å². The van der Waals surface area contributed by atoms with Crippen molar-refractivity contribution in [3.63, 3.8) is 0 Å². The summed E-state index contributed by atoms with van der Waals surface area (Å²) < 4.78 is 44.1. The molecule has 2 N–H and O–H groups in total. The first kappa shape index (κ1) is 24.5. The van der Waals surface area contributed by atoms with E-state index in [1.54, 1.807) is 13.8 Å². The first-order valence-electron chi connectivity index (χ1n) is 10.6. The number of nitrogens with one attached hydrogen (secondary N) is 2. The highest BCUT2D eigenvalue weighted by atomic mass is 32.2. The van der Waals surface area contributed by atoms with Crippen molar-refractivity contribution in [3.05, 3.63) is 54.1 Å². The topological polar surface area (TPSA) is 120 Å². The van der Waals surface area contributed by atoms with E-state index in [1.807, 2.05) is 37.3 Å². The molecule has 0 aromatic heterocycles. The molecule has 1 aliphatic rings. The number of carbonyl (C=O) groups excluding carboxylic acids is 2. The van der Waals surface area contributed by atoms with Gasteiger partial charge in [-0.05, 0) is 30.5 Å². The molecule has 10 heteroatoms. The van der Waals surface area contributed by atoms with Gasteiger partial charge in [0.1, 0.15) is 19.3 Å². The molecule has 1 heterocycles. The zero-order chi connectivity index (χ0) is 24.0. The number of hydrogen-bond acceptors (Lipinski definition) is 7. The van der Waals surface area contributed by atoms with Crippen LogP contribution in [0.25, 0.3) is 0 Å². The fraction of sp³-hybridized carbons (Fsp3) is 0.391. The number of benzene rings is 2. The van der Waals surface area contributed by atoms with Crippen LogP contribution in [0.1, 0.15) is 32.4 Å². The lowest BCUT2D eigenvalue weighted by molar-refractivity contribution is -0.151. The molecular formula is C23H28N2O7S. The fourth-order valence-electron chi connectivity index (χ4n) is 3.22. The molecule has 0 saturated carbocycles. The van der Waals surface area contributed by atoms with Crippen LogP contribution >= 0.6 is 0 Å². The van der Waals surface area contributed by atoms with Gasteiger partial charge in [0.05, 0.1) is 10.9 Å². The molecule has 2 aromatic rings. The van der Waals surface area contributed by atoms with Gasteiger partial charge in [0.15, 0.2) is 18.1 Å². The Hall–Kier alpha value is -3.11. The van der Waals surface area contributed by atoms with E-state index in [0.717, 1.165) is 5.56 Å². The summed E-state index contributed by atoms with van der Waals surface area (Å²) in [5.74, 6) is -0.978. The second kappa shape index (κ2) is 10.7. The molecular weight excluding hydrogens is 448 g/mol. The molecule has 2 aromatic carbocycles. The summed E-state index contributed by atoms with van der Waals surface area (Å²) in [6.07, 6.45) is 0. The minimum atomic E-state index is -4.06. The normalized spacial score (nSPS) is 14.9. The standard InChI is InChI=1S/C23H28N2O7S/c1-15(2)22(23(27)32-14-21(26)24-16(3)17-7-5-4-6-8-17)25-33(28,29)18-9-10-19-20(13-18)31-12-11-30-19/h4-10,13,15-16,22,25H,11-12,14H2,1-3H3,(H,24,26)/t16-,22-/m0/s1. The van der Waals surface area contributed by atoms with Crippen LogP contribution in [0.5, 0.6) is 11.5 Å². The van der Waals surface area contributed by atoms with E-state index < -0.39 is 40.5 Å². The molecule has 0 fully saturated rings. The lowest BCUT2D eigenvalue weighted by Crippen LogP contribution is -2.46. The molecule has 178 valence electrons. The molecule has 3 rings (SSSR count). The number of sulfonamides is 1. The highest BCUT2D eigenvalue weighted by Gasteiger charge is 2.31. The van der Waals surface area contributed by atoms with Crippen LogP contribution in [0.15, 0.2) is 53.4 Å². The van der Waals surface area contributed by atoms with Crippen LogP contribution in [-0.2, 0) is 24.3 Å². The van der Waals surface area contributed by atoms with Crippen molar-refractivity contribution in [1.29, 1.82) is 0 Å². The van der Waals surface area contributed by atoms with Crippen LogP contribution in [0.2, 0.25) is 0 Å². The maximum absolute atomic E-state index is 12.9. The summed E-state index contributed by atoms with van der Waals surface area (Å²) in [5.41, 5.74) is 0.907. The Bertz CT molecular complexity index is 1090. The van der Waals surface area contributed by atoms with Gasteiger partial charge in [-0.1, -0.05) is 44.2 Å². The molecule has 0 unspecified atom stereocenters. The zero-order valence-corrected chi connectivity index (χ0v) is 19.6. The summed E-state index contributed by atoms with van der Waals surface area (Å²) in [4.78, 5) is 24.8. The number of fused-ring (bicyclic) bond motifs is 1. The van der Waals surface area contributed by atoms with Gasteiger partial charge < -0.3 is 19.5 Å². The fourth-order valence-corrected chi connectivity index (χ4v) is 4.57. The average Bonchev–Trinajstić information content (AvgIpc) is 2.81. The Morgan fingerprint density at radius 2 is 1.67 bits per heavy atom. The first-order valence-corrected chi connectivity index (χ1v) is 12.1. The number of amides is 1. The van der Waals surface area contributed by atoms with E-state index in [4.69, 9.17) is 14.2 Å². The maximum atomic E-state index is 12.9. The molecule has 0 radical (unpaired) electrons. The molecule has 1 aliphatic heterocycles. The molecule has 0 bridgehead atoms. The number of rotatable bonds is 9. The van der Waals surface area contributed by atoms with Gasteiger partial charge in [-0.2, -0.15) is 4.72 Å². The van der Waals surface area contributed by atoms with Crippen molar-refractivity contribution in [1.82, 2.24) is 10.0 Å². The minimum Gasteiger partial charge on any atom is -0.486 e. The van der Waals surface area contributed by atoms with Gasteiger partial charge in [0.25, 0.3) is 5.91 Å². The van der Waals surface area contributed by atoms with Crippen molar-refractivity contribution < 1.29 is 32.2 Å². The largest absolute Gasteiger partial charge is 0.486 e. The Balaban J connectivity index is 1.61. The molecule has 0 saturated heterocycles. The zero-order valence-electron chi connectivity index (χ0n) is 18.7. The van der Waals surface area contributed by atoms with Crippen LogP contribution in [-0.4, -0.2) is 46.2 Å². The highest BCUT2D eigenvalue weighted by Crippen LogP contribution is 2.32. The van der Waals surface area contributed by atoms with Crippen LogP contribution < -0.4 is 19.5 Å². The minimum absolute atomic E-state index is 0.0698. The molecule has 2 atom stereocenters. The monoisotopic (exact) mass is 476 g/mol. The summed E-state index contributed by atoms with van der Waals surface area (Å²) in [7, 11) is -4.06. The Morgan fingerprint density at radius 1 is 1.00 bits per heavy atom. The lowest BCUT2D eigenvalue weighted by atomic mass is 10.1. The summed E-state index contributed by atoms with van der Waals surface area (Å²) in [5, 5.41) is 2.74. The van der Waals surface area contributed by atoms with Gasteiger partial charge in [-0.25, -0.2) is 8.42 Å². The first-order chi connectivity index (χ1) is 15.7. The molecule has 1 amide bonds. The van der Waals surface area contributed by atoms with E-state index >= 15 is 0 Å². The Kier molecular flexibility index (Phi) is 7.93. The number of esters is 1. The number of carbonyl (C=O) groups is 2. The third kappa shape index (κ3) is 6.45. The summed E-state index contributed by atoms with van der Waals surface area (Å²) >= 11 is 0. The Morgan fingerprint density at radius 3 is 2.33 bits per heavy atom. The van der Waals surface area contributed by atoms with Crippen molar-refractivity contribution in [3.8, 4) is 11.5 Å². The smallest absolute Gasteiger partial charge is 0.324 e. The van der Waals surface area contributed by atoms with Crippen molar-refractivity contribution in [2.24, 2.45) is 5.92 Å². The SMILES string of the molecule is CC(C)[C@H](NS(=O)(=O)c1ccc2c(c1)OCCO2)C(=O)OCC(=O)N[C@@H](C)c1ccccc1. The van der Waals surface area contributed by atoms with E-state index in [2.05, 4.69) is 10.0 Å². The molecule has 0 aliphatic carbocycles. The van der Waals surface area contributed by atoms with Gasteiger partial charge >= 0.3 is 5.97 Å². The van der Waals surface area contributed by atoms with Crippen molar-refractivity contribution in [2.45, 2.75) is 37.8 Å². The van der Waals surface area contributed by atoms with E-state index in [0.29, 0.717) is 24.7 Å². The van der Waals surface area contributed by atoms with E-state index in [-0.39, 0.29) is 10.9 Å². The second-order valence-corrected chi connectivity index (χ2v) is 9.67. The molecule has 33 heavy (non-hydrogen) atoms. The van der Waals surface area contributed by atoms with Crippen LogP contribution in [0.4, 0.5) is 0 Å². The second-order valence-electron chi connectivity index (χ2n) is 7.96. The van der Waals surface area contributed by atoms with E-state index in [9.17, 15) is 18.0 Å². The Labute approximate surface area is 193 Å². The van der Waals surface area contributed by atoms with Gasteiger partial charge in [-0.15, -0.1) is 0 Å². The lowest BCUT2D eigenvalue weighted by Gasteiger charge is -2.22. The molecule has 9 nitrogen and oxygen atoms in total. The quantitative estimate of drug-likeness (QED) is 0.532. The highest BCUT2D eigenvalue weighted by molar-refractivity contribution is 7.89. The molecule has 0 spiro atoms. The van der Waals surface area contributed by atoms with Crippen molar-refractivity contribution in [2.75, 3.05) is 19.8 Å². The van der Waals surface area contributed by atoms with Gasteiger partial charge in [0.2, 0.25) is 10.0 Å². The predicted molar refractivity (Wildman–Crippen MR) is 120 cm³/mol. The number of hydrogen-bond donors (Lipinski definition) is 2. The van der Waals surface area contributed by atoms with Crippen molar-refractivity contribution >= 4 is 21.9 Å². The predicted octanol–water partition coefficient (Wildman–Crippen LogP) is 2.18. The van der Waals surface area contributed by atoms with E-state index in [1.165, 1.54) is 18.2 Å². The third-order valence-electron chi connectivity index (χ3n) is 5.05. The number of ether oxygens (including phenoxy) is 3. The van der Waals surface area contributed by atoms with Crippen LogP contribution in [0, 0.1) is 5.92 Å². The maximum Gasteiger partial charge on any atom is 0.324 e. The van der Waals surface area contributed by atoms with Gasteiger partial charge in [-0.3, -0.25) is 9.59 Å². The average molecular weight is 477 g/mol. The third-order valence-corrected chi connectivity index (χ3v) is 6.49.